The summed E-state index contributed by atoms with van der Waals surface area (Å²) in [7, 11) is -3.48. The van der Waals surface area contributed by atoms with Crippen LogP contribution in [-0.2, 0) is 63.1 Å². The van der Waals surface area contributed by atoms with Gasteiger partial charge in [0.25, 0.3) is 0 Å². The molecule has 4 atom stereocenters. The van der Waals surface area contributed by atoms with Crippen molar-refractivity contribution in [2.75, 3.05) is 90.6 Å². The highest BCUT2D eigenvalue weighted by Gasteiger charge is 2.27. The quantitative estimate of drug-likeness (QED) is 0.00918. The van der Waals surface area contributed by atoms with Crippen LogP contribution in [0.3, 0.4) is 0 Å². The van der Waals surface area contributed by atoms with E-state index >= 15 is 0 Å². The molecule has 0 bridgehead atoms. The lowest BCUT2D eigenvalue weighted by Gasteiger charge is -2.31. The number of urea groups is 2. The van der Waals surface area contributed by atoms with Gasteiger partial charge >= 0.3 is 43.5 Å². The van der Waals surface area contributed by atoms with Gasteiger partial charge in [-0.25, -0.2) is 9.59 Å². The zero-order valence-corrected chi connectivity index (χ0v) is 64.0. The second-order valence-corrected chi connectivity index (χ2v) is 29.0. The summed E-state index contributed by atoms with van der Waals surface area (Å²) >= 11 is 0. The zero-order chi connectivity index (χ0) is 73.7. The summed E-state index contributed by atoms with van der Waals surface area (Å²) < 4.78 is 44.1. The number of nitrogens with two attached hydrogens (primary N) is 1. The molecule has 0 radical (unpaired) electrons. The predicted octanol–water partition coefficient (Wildman–Crippen LogP) is 16.3. The highest BCUT2D eigenvalue weighted by molar-refractivity contribution is 7.59. The Morgan fingerprint density at radius 2 is 0.901 bits per heavy atom. The van der Waals surface area contributed by atoms with E-state index in [0.29, 0.717) is 85.1 Å². The lowest BCUT2D eigenvalue weighted by molar-refractivity contribution is -0.169. The molecular weight excluding hydrogens is 1320 g/mol. The van der Waals surface area contributed by atoms with Gasteiger partial charge in [0.1, 0.15) is 6.10 Å². The first-order valence-corrected chi connectivity index (χ1v) is 37.2. The molecule has 558 valence electrons. The number of ether oxygens (including phenoxy) is 4. The van der Waals surface area contributed by atoms with Gasteiger partial charge in [-0.15, -0.1) is 0 Å². The Labute approximate surface area is 607 Å². The van der Waals surface area contributed by atoms with Crippen molar-refractivity contribution < 1.29 is 66.1 Å². The Bertz CT molecular complexity index is 3360. The lowest BCUT2D eigenvalue weighted by atomic mass is 9.92. The van der Waals surface area contributed by atoms with Crippen molar-refractivity contribution in [3.05, 3.63) is 143 Å². The fraction of sp³-hybridized carbons (Fsp3) is 0.519. The molecule has 0 saturated carbocycles. The first-order chi connectivity index (χ1) is 47.6. The first-order valence-electron chi connectivity index (χ1n) is 35.2. The van der Waals surface area contributed by atoms with Crippen molar-refractivity contribution in [3.8, 4) is 0 Å². The van der Waals surface area contributed by atoms with Crippen molar-refractivity contribution in [2.45, 2.75) is 179 Å². The number of carbonyl (C=O) groups excluding carboxylic acids is 7. The van der Waals surface area contributed by atoms with E-state index in [1.165, 1.54) is 13.6 Å². The second-order valence-electron chi connectivity index (χ2n) is 27.0. The van der Waals surface area contributed by atoms with E-state index in [1.807, 2.05) is 143 Å². The Kier molecular flexibility index (Phi) is 40.2. The molecule has 22 nitrogen and oxygen atoms in total. The maximum atomic E-state index is 13.2. The molecule has 0 aliphatic carbocycles. The molecule has 0 aliphatic heterocycles. The van der Waals surface area contributed by atoms with Crippen LogP contribution < -0.4 is 42.1 Å². The number of nitrogens with zero attached hydrogens (tertiary/aromatic N) is 2. The van der Waals surface area contributed by atoms with Crippen molar-refractivity contribution in [3.63, 3.8) is 0 Å². The Hall–Kier alpha value is -7.95. The van der Waals surface area contributed by atoms with Crippen molar-refractivity contribution in [2.24, 2.45) is 29.4 Å². The molecule has 0 heterocycles. The number of anilines is 6. The van der Waals surface area contributed by atoms with Gasteiger partial charge in [0.15, 0.2) is 0 Å². The SMILES string of the molecule is CC[C@@H](CC(=O)OCOC(=O)CCCCN)c1ccc(N(CC(C)C)CC(C)C)c(NC(=O)Nc2ccc(C)cc2)c1.CC[C@@H](CC(=O)OCOC(=O)CCCCNC(=O)[C@H](C)OP(C)(=O)OCc1ccccc1)c1ccc(N(CC(C)C)CC(C)C)c(NC(=O)Nc2ccc(C)cc2)c1.S. The lowest BCUT2D eigenvalue weighted by Crippen LogP contribution is -2.34. The van der Waals surface area contributed by atoms with Gasteiger partial charge in [-0.3, -0.25) is 33.1 Å². The Balaban J connectivity index is 0.000000547. The number of benzene rings is 5. The summed E-state index contributed by atoms with van der Waals surface area (Å²) in [4.78, 5) is 93.0. The van der Waals surface area contributed by atoms with Crippen LogP contribution in [0.2, 0.25) is 0 Å². The fourth-order valence-corrected chi connectivity index (χ4v) is 11.9. The number of hydrogen-bond donors (Lipinski definition) is 6. The molecule has 1 unspecified atom stereocenters. The van der Waals surface area contributed by atoms with Crippen LogP contribution in [0.4, 0.5) is 43.7 Å². The van der Waals surface area contributed by atoms with Gasteiger partial charge in [0, 0.05) is 63.6 Å². The molecule has 0 saturated heterocycles. The van der Waals surface area contributed by atoms with E-state index in [0.717, 1.165) is 71.8 Å². The minimum absolute atomic E-state index is 0. The van der Waals surface area contributed by atoms with Gasteiger partial charge in [-0.2, -0.15) is 13.5 Å². The molecule has 24 heteroatoms. The average Bonchev–Trinajstić information content (AvgIpc) is 0.816. The van der Waals surface area contributed by atoms with Gasteiger partial charge < -0.3 is 65.6 Å². The third kappa shape index (κ3) is 35.0. The smallest absolute Gasteiger partial charge is 0.328 e. The minimum atomic E-state index is -3.48. The molecule has 0 aliphatic rings. The van der Waals surface area contributed by atoms with Crippen LogP contribution in [0.25, 0.3) is 0 Å². The largest absolute Gasteiger partial charge is 0.428 e. The third-order valence-corrected chi connectivity index (χ3v) is 17.1. The summed E-state index contributed by atoms with van der Waals surface area (Å²) in [5.41, 5.74) is 14.8. The van der Waals surface area contributed by atoms with Crippen molar-refractivity contribution in [1.82, 2.24) is 5.32 Å². The summed E-state index contributed by atoms with van der Waals surface area (Å²) in [6.45, 7) is 31.4. The Morgan fingerprint density at radius 3 is 1.29 bits per heavy atom. The molecule has 5 amide bonds. The Morgan fingerprint density at radius 1 is 0.505 bits per heavy atom. The van der Waals surface area contributed by atoms with E-state index in [1.54, 1.807) is 0 Å². The van der Waals surface area contributed by atoms with Gasteiger partial charge in [-0.1, -0.05) is 147 Å². The molecule has 101 heavy (non-hydrogen) atoms. The number of esters is 4. The molecule has 5 rings (SSSR count). The molecular formula is C77H115N8O14PS. The number of unbranched alkanes of at least 4 members (excludes halogenated alkanes) is 2. The molecule has 5 aromatic carbocycles. The normalized spacial score (nSPS) is 12.5. The van der Waals surface area contributed by atoms with Crippen LogP contribution >= 0.6 is 21.1 Å². The van der Waals surface area contributed by atoms with E-state index in [9.17, 15) is 38.1 Å². The van der Waals surface area contributed by atoms with Crippen LogP contribution in [-0.4, -0.2) is 107 Å². The summed E-state index contributed by atoms with van der Waals surface area (Å²) in [5.74, 6) is -1.10. The van der Waals surface area contributed by atoms with Crippen LogP contribution in [0, 0.1) is 37.5 Å². The standard InChI is InChI=1S/C44H63N4O9P.C33H50N4O5.H2S/c1-9-36(37-20-23-40(48(27-31(2)3)28-32(4)5)39(25-37)47-44(52)46-38-21-18-33(6)19-22-38)26-42(50)55-30-54-41(49)17-13-14-24-45-43(51)34(7)57-58(8,53)56-29-35-15-11-10-12-16-35;1-7-26(19-32(39)42-22-41-31(38)10-8-9-17-34)27-13-16-30(37(20-23(2)3)21-24(4)5)29(18-27)36-33(40)35-28-14-11-25(6)12-15-28;/h10-12,15-16,18-23,25,31-32,34,36H,9,13-14,17,24,26-30H2,1-8H3,(H,45,51)(H2,46,47,52);11-16,18,23-24,26H,7-10,17,19-22,34H2,1-6H3,(H2,35,36,40);1H2/t34-,36-,58?;26-;/m00./s1. The summed E-state index contributed by atoms with van der Waals surface area (Å²) in [6.07, 6.45) is 3.10. The molecule has 7 N–H and O–H groups in total. The second kappa shape index (κ2) is 46.5. The van der Waals surface area contributed by atoms with E-state index in [2.05, 4.69) is 91.8 Å². The van der Waals surface area contributed by atoms with E-state index in [-0.39, 0.29) is 76.2 Å². The maximum absolute atomic E-state index is 13.2. The first kappa shape index (κ1) is 87.3. The summed E-state index contributed by atoms with van der Waals surface area (Å²) in [5, 5.41) is 14.7. The summed E-state index contributed by atoms with van der Waals surface area (Å²) in [6, 6.07) is 35.6. The molecule has 0 aromatic heterocycles. The zero-order valence-electron chi connectivity index (χ0n) is 62.1. The van der Waals surface area contributed by atoms with Crippen LogP contribution in [0.5, 0.6) is 0 Å². The highest BCUT2D eigenvalue weighted by atomic mass is 32.1. The minimum Gasteiger partial charge on any atom is -0.428 e. The monoisotopic (exact) mass is 1440 g/mol. The average molecular weight is 1440 g/mol. The number of aryl methyl sites for hydroxylation is 2. The molecule has 5 aromatic rings. The predicted molar refractivity (Wildman–Crippen MR) is 409 cm³/mol. The molecule has 0 spiro atoms. The number of rotatable bonds is 41. The number of hydrogen-bond acceptors (Lipinski definition) is 17. The van der Waals surface area contributed by atoms with Gasteiger partial charge in [-0.05, 0) is 167 Å². The van der Waals surface area contributed by atoms with Crippen molar-refractivity contribution in [1.29, 1.82) is 0 Å². The van der Waals surface area contributed by atoms with Crippen molar-refractivity contribution >= 4 is 97.1 Å². The topological polar surface area (TPSA) is 285 Å². The number of nitrogens with one attached hydrogen (secondary N) is 5. The number of carbonyl (C=O) groups is 7. The number of amides is 5. The fourth-order valence-electron chi connectivity index (χ4n) is 10.8. The van der Waals surface area contributed by atoms with Crippen LogP contribution in [0.15, 0.2) is 115 Å². The molecule has 0 fully saturated rings. The highest BCUT2D eigenvalue weighted by Crippen LogP contribution is 2.46. The van der Waals surface area contributed by atoms with Gasteiger partial charge in [0.2, 0.25) is 19.5 Å². The maximum Gasteiger partial charge on any atom is 0.328 e. The van der Waals surface area contributed by atoms with E-state index in [4.69, 9.17) is 33.7 Å². The van der Waals surface area contributed by atoms with Gasteiger partial charge in [0.05, 0.1) is 42.2 Å². The van der Waals surface area contributed by atoms with Crippen LogP contribution in [0.1, 0.15) is 180 Å². The third-order valence-electron chi connectivity index (χ3n) is 15.8. The van der Waals surface area contributed by atoms with E-state index < -0.39 is 57.1 Å².